The number of likely N-dealkylation sites (tertiary alicyclic amines) is 1. The molecule has 3 N–H and O–H groups in total. The summed E-state index contributed by atoms with van der Waals surface area (Å²) in [5.74, 6) is -0.146. The second-order valence-electron chi connectivity index (χ2n) is 19.5. The summed E-state index contributed by atoms with van der Waals surface area (Å²) in [7, 11) is -14.5. The maximum atomic E-state index is 15.8. The van der Waals surface area contributed by atoms with E-state index in [4.69, 9.17) is 11.6 Å². The molecule has 0 radical (unpaired) electrons. The number of alkyl halides is 4. The predicted molar refractivity (Wildman–Crippen MR) is 298 cm³/mol. The van der Waals surface area contributed by atoms with Crippen LogP contribution in [0.2, 0.25) is 5.02 Å². The van der Waals surface area contributed by atoms with Crippen molar-refractivity contribution in [2.75, 3.05) is 82.6 Å². The molecule has 2 aliphatic rings. The molecule has 2 fully saturated rings. The van der Waals surface area contributed by atoms with Crippen molar-refractivity contribution in [1.82, 2.24) is 13.0 Å². The summed E-state index contributed by atoms with van der Waals surface area (Å²) in [5, 5.41) is 3.59. The molecule has 0 spiro atoms. The van der Waals surface area contributed by atoms with Crippen molar-refractivity contribution in [3.63, 3.8) is 0 Å². The Balaban J connectivity index is 0.980. The van der Waals surface area contributed by atoms with Crippen molar-refractivity contribution in [1.29, 1.82) is 0 Å². The van der Waals surface area contributed by atoms with E-state index in [2.05, 4.69) is 28.3 Å². The van der Waals surface area contributed by atoms with E-state index >= 15 is 4.39 Å². The van der Waals surface area contributed by atoms with Crippen LogP contribution in [0.1, 0.15) is 44.8 Å². The Bertz CT molecular complexity index is 3380. The van der Waals surface area contributed by atoms with E-state index in [1.165, 1.54) is 36.0 Å². The zero-order valence-electron chi connectivity index (χ0n) is 43.1. The van der Waals surface area contributed by atoms with Crippen LogP contribution in [0.5, 0.6) is 0 Å². The molecule has 416 valence electrons. The number of hydrogen-bond acceptors (Lipinski definition) is 12. The number of rotatable bonds is 20. The number of aromatic nitrogens is 1. The van der Waals surface area contributed by atoms with E-state index in [1.54, 1.807) is 37.3 Å². The molecule has 2 saturated heterocycles. The first-order chi connectivity index (χ1) is 36.4. The predicted octanol–water partition coefficient (Wildman–Crippen LogP) is 7.98. The first-order valence-corrected chi connectivity index (χ1v) is 34.4. The number of piperazine rings is 1. The molecule has 1 atom stereocenters. The molecule has 0 amide bonds. The van der Waals surface area contributed by atoms with Crippen LogP contribution in [-0.4, -0.2) is 115 Å². The monoisotopic (exact) mass is 1270 g/mol. The molecule has 0 aliphatic carbocycles. The third kappa shape index (κ3) is 13.9. The number of thioether (sulfide) groups is 1. The molecule has 13 nitrogen and oxygen atoms in total. The van der Waals surface area contributed by atoms with Gasteiger partial charge in [0.05, 0.1) is 15.5 Å². The van der Waals surface area contributed by atoms with Gasteiger partial charge in [0.1, 0.15) is 5.82 Å². The molecule has 3 heterocycles. The van der Waals surface area contributed by atoms with Crippen LogP contribution < -0.4 is 44.8 Å². The van der Waals surface area contributed by atoms with E-state index in [1.807, 2.05) is 65.8 Å². The molecule has 5 aromatic carbocycles. The summed E-state index contributed by atoms with van der Waals surface area (Å²) in [6.45, 7) is 9.86. The van der Waals surface area contributed by atoms with Crippen molar-refractivity contribution in [3.8, 4) is 22.4 Å². The molecular weight excluding hydrogens is 1210 g/mol. The van der Waals surface area contributed by atoms with Crippen LogP contribution in [0, 0.1) is 12.7 Å². The summed E-state index contributed by atoms with van der Waals surface area (Å²) in [5.41, 5.74) is -2.01. The van der Waals surface area contributed by atoms with Gasteiger partial charge < -0.3 is 14.4 Å². The Hall–Kier alpha value is -4.56. The van der Waals surface area contributed by atoms with Gasteiger partial charge in [-0.1, -0.05) is 41.9 Å². The van der Waals surface area contributed by atoms with Gasteiger partial charge in [-0.25, -0.2) is 29.6 Å². The summed E-state index contributed by atoms with van der Waals surface area (Å²) in [6, 6.07) is 30.1. The van der Waals surface area contributed by atoms with Crippen molar-refractivity contribution in [3.05, 3.63) is 132 Å². The van der Waals surface area contributed by atoms with Crippen LogP contribution in [0.25, 0.3) is 22.4 Å². The van der Waals surface area contributed by atoms with Crippen LogP contribution in [0.3, 0.4) is 0 Å². The molecule has 0 unspecified atom stereocenters. The fourth-order valence-electron chi connectivity index (χ4n) is 10.0. The van der Waals surface area contributed by atoms with E-state index in [-0.39, 0.29) is 43.8 Å². The van der Waals surface area contributed by atoms with E-state index in [0.29, 0.717) is 90.2 Å². The first kappa shape index (κ1) is 58.6. The van der Waals surface area contributed by atoms with Gasteiger partial charge in [-0.15, -0.1) is 0 Å². The molecular formula is C54H62ClF4IN7O6S4-. The van der Waals surface area contributed by atoms with Crippen molar-refractivity contribution in [2.24, 2.45) is 0 Å². The van der Waals surface area contributed by atoms with Gasteiger partial charge >= 0.3 is 170 Å². The number of anilines is 4. The summed E-state index contributed by atoms with van der Waals surface area (Å²) in [6.07, 6.45) is 3.60. The van der Waals surface area contributed by atoms with E-state index in [0.717, 1.165) is 60.5 Å². The maximum absolute atomic E-state index is 15.8. The van der Waals surface area contributed by atoms with Crippen LogP contribution in [0.15, 0.2) is 135 Å². The quantitative estimate of drug-likeness (QED) is 0.0224. The topological polar surface area (TPSA) is 153 Å². The van der Waals surface area contributed by atoms with Gasteiger partial charge in [0.25, 0.3) is 10.0 Å². The summed E-state index contributed by atoms with van der Waals surface area (Å²) >= 11 is 7.67. The molecule has 0 bridgehead atoms. The molecule has 8 rings (SSSR count). The number of sulfonamides is 1. The van der Waals surface area contributed by atoms with Crippen LogP contribution >= 0.6 is 23.4 Å². The SMILES string of the molecule is C[I-]NC1CCN(CC[C@H](CSc2ccccc2)Nc2ccc(S(=O)(=O)Nc3ccc(N4CCN(c5cc(F)cc(-c6c(S(C)(=O)=O)c(C)n(C(C)C)c6-c6ccc(Cl)cc6)c5)CC4)cc3)cc2S(=O)(=O)C(F)(F)F)CC1. The normalized spacial score (nSPS) is 15.8. The fraction of sp³-hybridized carbons (Fsp3) is 0.370. The molecule has 77 heavy (non-hydrogen) atoms. The summed E-state index contributed by atoms with van der Waals surface area (Å²) in [4.78, 5) is 7.72. The van der Waals surface area contributed by atoms with Gasteiger partial charge in [-0.3, -0.25) is 4.72 Å². The van der Waals surface area contributed by atoms with Gasteiger partial charge in [0.15, 0.2) is 9.84 Å². The van der Waals surface area contributed by atoms with E-state index < -0.39 is 56.9 Å². The Morgan fingerprint density at radius 3 is 2.01 bits per heavy atom. The molecule has 6 aromatic rings. The average molecular weight is 1270 g/mol. The third-order valence-electron chi connectivity index (χ3n) is 13.8. The number of piperidine rings is 1. The van der Waals surface area contributed by atoms with Gasteiger partial charge in [0.2, 0.25) is 0 Å². The summed E-state index contributed by atoms with van der Waals surface area (Å²) < 4.78 is 148. The second-order valence-corrected chi connectivity index (χ2v) is 28.3. The van der Waals surface area contributed by atoms with E-state index in [9.17, 15) is 38.4 Å². The van der Waals surface area contributed by atoms with Crippen molar-refractivity contribution in [2.45, 2.75) is 83.2 Å². The Morgan fingerprint density at radius 2 is 1.42 bits per heavy atom. The number of hydrogen-bond donors (Lipinski definition) is 3. The van der Waals surface area contributed by atoms with Crippen LogP contribution in [0.4, 0.5) is 40.3 Å². The first-order valence-electron chi connectivity index (χ1n) is 24.9. The minimum atomic E-state index is -6.03. The zero-order valence-corrected chi connectivity index (χ0v) is 49.3. The fourth-order valence-corrected chi connectivity index (χ4v) is 16.0. The Morgan fingerprint density at radius 1 is 0.779 bits per heavy atom. The Labute approximate surface area is 469 Å². The van der Waals surface area contributed by atoms with Gasteiger partial charge in [-0.05, 0) is 86.5 Å². The molecule has 23 heteroatoms. The Kier molecular flexibility index (Phi) is 18.6. The minimum absolute atomic E-state index is 0.0551. The van der Waals surface area contributed by atoms with Gasteiger partial charge in [0, 0.05) is 71.8 Å². The standard InChI is InChI=1S/C54H62ClF4IN7O6S4/c1-36(2)67-37(3)53(75(5,68)69)51(52(67)38-11-13-40(55)14-12-38)39-31-41(56)33-46(32-39)66-29-27-65(28-30-66)45-17-15-43(16-18-45)63-77(72,73)48-19-20-49(50(34-48)76(70,71)54(57,58)59)61-44(35-74-47-9-7-6-8-10-47)23-26-64-24-21-42(22-25-64)62-60-4/h6-20,31-34,36,42,44,61-63H,21-30,35H2,1-5H3/q-1/t44-/m1/s1. The number of nitrogens with zero attached hydrogens (tertiary/aromatic N) is 4. The number of halogens is 6. The van der Waals surface area contributed by atoms with Crippen molar-refractivity contribution >= 4 is 75.8 Å². The molecule has 1 aromatic heterocycles. The second kappa shape index (κ2) is 24.4. The van der Waals surface area contributed by atoms with Crippen LogP contribution in [-0.2, 0) is 29.7 Å². The average Bonchev–Trinajstić information content (AvgIpc) is 3.93. The molecule has 2 aliphatic heterocycles. The third-order valence-corrected chi connectivity index (χ3v) is 20.8. The number of nitrogens with one attached hydrogen (secondary N) is 3. The molecule has 0 saturated carbocycles. The zero-order chi connectivity index (χ0) is 55.5. The van der Waals surface area contributed by atoms with Crippen molar-refractivity contribution < 1.29 is 64.3 Å². The van der Waals surface area contributed by atoms with Gasteiger partial charge in [-0.2, -0.15) is 13.2 Å². The number of sulfone groups is 2. The number of benzene rings is 5.